The van der Waals surface area contributed by atoms with E-state index in [-0.39, 0.29) is 36.6 Å². The standard InChI is InChI=1S/C23H33BN6O6.H2S/c1-15-12-28(17-13-35-14-17)8-9-29(15)16-6-7-20(25-11-16)30(22(32)36-23(2,3)4)18-10-19(24(33)34)26-27(5)21(18)31;/h6-7,10-11,15,17,33-34H,8-9,12-14H2,1-5H3;1H2/t15-;/m0./s1. The summed E-state index contributed by atoms with van der Waals surface area (Å²) >= 11 is 0. The van der Waals surface area contributed by atoms with Gasteiger partial charge in [-0.05, 0) is 45.9 Å². The van der Waals surface area contributed by atoms with E-state index in [1.165, 1.54) is 7.05 Å². The van der Waals surface area contributed by atoms with Gasteiger partial charge in [0, 0.05) is 32.7 Å². The van der Waals surface area contributed by atoms with E-state index in [4.69, 9.17) is 9.47 Å². The van der Waals surface area contributed by atoms with Gasteiger partial charge in [0.25, 0.3) is 5.56 Å². The summed E-state index contributed by atoms with van der Waals surface area (Å²) in [4.78, 5) is 36.4. The molecule has 4 rings (SSSR count). The van der Waals surface area contributed by atoms with Crippen molar-refractivity contribution >= 4 is 49.5 Å². The van der Waals surface area contributed by atoms with E-state index in [9.17, 15) is 19.6 Å². The second kappa shape index (κ2) is 11.4. The number of carbonyl (C=O) groups excluding carboxylic acids is 1. The number of ether oxygens (including phenoxy) is 2. The minimum Gasteiger partial charge on any atom is -0.443 e. The van der Waals surface area contributed by atoms with Gasteiger partial charge >= 0.3 is 13.2 Å². The monoisotopic (exact) mass is 534 g/mol. The van der Waals surface area contributed by atoms with Crippen molar-refractivity contribution in [3.8, 4) is 0 Å². The molecule has 2 fully saturated rings. The molecule has 14 heteroatoms. The first-order valence-electron chi connectivity index (χ1n) is 12.0. The Morgan fingerprint density at radius 2 is 1.95 bits per heavy atom. The van der Waals surface area contributed by atoms with Gasteiger partial charge in [-0.1, -0.05) is 0 Å². The van der Waals surface area contributed by atoms with Crippen LogP contribution in [-0.2, 0) is 16.5 Å². The lowest BCUT2D eigenvalue weighted by Crippen LogP contribution is -2.59. The second-order valence-electron chi connectivity index (χ2n) is 10.2. The maximum Gasteiger partial charge on any atom is 0.510 e. The molecule has 0 unspecified atom stereocenters. The molecule has 0 spiro atoms. The van der Waals surface area contributed by atoms with Crippen molar-refractivity contribution in [1.29, 1.82) is 0 Å². The normalized spacial score (nSPS) is 18.6. The zero-order chi connectivity index (χ0) is 26.2. The van der Waals surface area contributed by atoms with Crippen molar-refractivity contribution in [3.63, 3.8) is 0 Å². The molecule has 0 aromatic carbocycles. The van der Waals surface area contributed by atoms with Crippen LogP contribution >= 0.6 is 13.5 Å². The molecule has 0 radical (unpaired) electrons. The van der Waals surface area contributed by atoms with E-state index in [1.54, 1.807) is 33.0 Å². The molecule has 2 aromatic rings. The third-order valence-corrected chi connectivity index (χ3v) is 6.23. The zero-order valence-corrected chi connectivity index (χ0v) is 22.8. The highest BCUT2D eigenvalue weighted by atomic mass is 32.1. The molecule has 2 aliphatic heterocycles. The Bertz CT molecular complexity index is 1150. The number of carbonyl (C=O) groups is 1. The number of rotatable bonds is 5. The summed E-state index contributed by atoms with van der Waals surface area (Å²) in [6.45, 7) is 11.5. The van der Waals surface area contributed by atoms with Crippen molar-refractivity contribution in [2.75, 3.05) is 42.6 Å². The second-order valence-corrected chi connectivity index (χ2v) is 10.2. The third kappa shape index (κ3) is 6.44. The van der Waals surface area contributed by atoms with E-state index in [0.717, 1.165) is 54.2 Å². The first-order chi connectivity index (χ1) is 16.9. The van der Waals surface area contributed by atoms with Crippen LogP contribution in [-0.4, -0.2) is 93.5 Å². The van der Waals surface area contributed by atoms with E-state index in [2.05, 4.69) is 26.8 Å². The van der Waals surface area contributed by atoms with Gasteiger partial charge in [0.05, 0.1) is 36.7 Å². The van der Waals surface area contributed by atoms with Crippen LogP contribution in [0.4, 0.5) is 22.0 Å². The fourth-order valence-corrected chi connectivity index (χ4v) is 4.34. The topological polar surface area (TPSA) is 133 Å². The zero-order valence-electron chi connectivity index (χ0n) is 21.8. The van der Waals surface area contributed by atoms with E-state index in [1.807, 2.05) is 6.07 Å². The molecule has 4 heterocycles. The Kier molecular flexibility index (Phi) is 8.91. The highest BCUT2D eigenvalue weighted by Gasteiger charge is 2.33. The van der Waals surface area contributed by atoms with Gasteiger partial charge in [0.1, 0.15) is 17.1 Å². The number of hydrogen-bond donors (Lipinski definition) is 2. The highest BCUT2D eigenvalue weighted by molar-refractivity contribution is 7.59. The Morgan fingerprint density at radius 1 is 1.24 bits per heavy atom. The summed E-state index contributed by atoms with van der Waals surface area (Å²) in [7, 11) is -0.573. The van der Waals surface area contributed by atoms with Crippen LogP contribution in [0.25, 0.3) is 0 Å². The molecule has 37 heavy (non-hydrogen) atoms. The smallest absolute Gasteiger partial charge is 0.443 e. The van der Waals surface area contributed by atoms with Crippen molar-refractivity contribution in [2.45, 2.75) is 45.4 Å². The number of hydrogen-bond acceptors (Lipinski definition) is 10. The van der Waals surface area contributed by atoms with Gasteiger partial charge < -0.3 is 24.4 Å². The molecule has 12 nitrogen and oxygen atoms in total. The van der Waals surface area contributed by atoms with Crippen LogP contribution in [0.5, 0.6) is 0 Å². The maximum atomic E-state index is 13.2. The Morgan fingerprint density at radius 3 is 2.46 bits per heavy atom. The first-order valence-corrected chi connectivity index (χ1v) is 12.0. The van der Waals surface area contributed by atoms with Crippen molar-refractivity contribution in [2.24, 2.45) is 7.05 Å². The molecule has 2 N–H and O–H groups in total. The third-order valence-electron chi connectivity index (χ3n) is 6.23. The van der Waals surface area contributed by atoms with E-state index < -0.39 is 24.4 Å². The molecule has 1 atom stereocenters. The van der Waals surface area contributed by atoms with Crippen LogP contribution in [0, 0.1) is 0 Å². The number of amides is 1. The number of anilines is 3. The fraction of sp³-hybridized carbons (Fsp3) is 0.565. The van der Waals surface area contributed by atoms with Gasteiger partial charge in [-0.2, -0.15) is 18.6 Å². The molecule has 0 saturated carbocycles. The lowest BCUT2D eigenvalue weighted by Gasteiger charge is -2.46. The summed E-state index contributed by atoms with van der Waals surface area (Å²) in [5.41, 5.74) is -0.918. The first kappa shape index (κ1) is 28.9. The van der Waals surface area contributed by atoms with Crippen LogP contribution in [0.15, 0.2) is 29.2 Å². The predicted octanol–water partition coefficient (Wildman–Crippen LogP) is -0.0496. The molecule has 2 saturated heterocycles. The van der Waals surface area contributed by atoms with Crippen molar-refractivity contribution in [1.82, 2.24) is 19.7 Å². The molecular formula is C23H35BN6O6S. The predicted molar refractivity (Wildman–Crippen MR) is 145 cm³/mol. The molecule has 2 aliphatic rings. The SMILES string of the molecule is C[C@H]1CN(C2COC2)CCN1c1ccc(N(C(=O)OC(C)(C)C)c2cc(B(O)O)nn(C)c2=O)nc1.S. The van der Waals surface area contributed by atoms with Gasteiger partial charge in [-0.25, -0.2) is 19.4 Å². The van der Waals surface area contributed by atoms with Crippen LogP contribution in [0.3, 0.4) is 0 Å². The summed E-state index contributed by atoms with van der Waals surface area (Å²) in [6, 6.07) is 5.40. The average Bonchev–Trinajstić information content (AvgIpc) is 2.75. The number of piperazine rings is 1. The molecule has 202 valence electrons. The molecule has 1 amide bonds. The lowest BCUT2D eigenvalue weighted by molar-refractivity contribution is -0.0691. The van der Waals surface area contributed by atoms with Gasteiger partial charge in [0.15, 0.2) is 0 Å². The molecular weight excluding hydrogens is 499 g/mol. The van der Waals surface area contributed by atoms with Gasteiger partial charge in [-0.15, -0.1) is 0 Å². The van der Waals surface area contributed by atoms with Gasteiger partial charge in [-0.3, -0.25) is 9.69 Å². The maximum absolute atomic E-state index is 13.2. The minimum atomic E-state index is -1.93. The van der Waals surface area contributed by atoms with Crippen LogP contribution in [0.2, 0.25) is 0 Å². The van der Waals surface area contributed by atoms with Gasteiger partial charge in [0.2, 0.25) is 0 Å². The number of pyridine rings is 1. The average molecular weight is 534 g/mol. The fourth-order valence-electron chi connectivity index (χ4n) is 4.34. The summed E-state index contributed by atoms with van der Waals surface area (Å²) in [5.74, 6) is 0.160. The Balaban J connectivity index is 0.00000380. The summed E-state index contributed by atoms with van der Waals surface area (Å²) in [5, 5.41) is 23.1. The largest absolute Gasteiger partial charge is 0.510 e. The summed E-state index contributed by atoms with van der Waals surface area (Å²) < 4.78 is 11.8. The van der Waals surface area contributed by atoms with Crippen molar-refractivity contribution in [3.05, 3.63) is 34.7 Å². The minimum absolute atomic E-state index is 0. The Hall–Kier alpha value is -2.65. The van der Waals surface area contributed by atoms with E-state index in [0.29, 0.717) is 6.04 Å². The number of aromatic nitrogens is 3. The molecule has 0 aliphatic carbocycles. The number of nitrogens with zero attached hydrogens (tertiary/aromatic N) is 6. The summed E-state index contributed by atoms with van der Waals surface area (Å²) in [6.07, 6.45) is 0.841. The van der Waals surface area contributed by atoms with Crippen LogP contribution < -0.4 is 21.0 Å². The lowest BCUT2D eigenvalue weighted by atomic mass is 9.86. The Labute approximate surface area is 223 Å². The van der Waals surface area contributed by atoms with Crippen molar-refractivity contribution < 1.29 is 24.3 Å². The molecule has 0 bridgehead atoms. The quantitative estimate of drug-likeness (QED) is 0.503. The molecule has 2 aromatic heterocycles. The highest BCUT2D eigenvalue weighted by Crippen LogP contribution is 2.27. The van der Waals surface area contributed by atoms with Crippen LogP contribution in [0.1, 0.15) is 27.7 Å². The van der Waals surface area contributed by atoms with E-state index >= 15 is 0 Å². The number of aryl methyl sites for hydroxylation is 1.